The van der Waals surface area contributed by atoms with Crippen molar-refractivity contribution < 1.29 is 30.8 Å². The maximum absolute atomic E-state index is 13.6. The van der Waals surface area contributed by atoms with Crippen LogP contribution in [0.3, 0.4) is 0 Å². The van der Waals surface area contributed by atoms with Crippen molar-refractivity contribution in [3.05, 3.63) is 107 Å². The predicted molar refractivity (Wildman–Crippen MR) is 161 cm³/mol. The number of carbonyl (C=O) groups excluding carboxylic acids is 1. The maximum atomic E-state index is 13.6. The van der Waals surface area contributed by atoms with Gasteiger partial charge in [0.25, 0.3) is 20.0 Å². The minimum Gasteiger partial charge on any atom is -0.494 e. The molecule has 0 heterocycles. The molecule has 0 fully saturated rings. The smallest absolute Gasteiger partial charge is 0.264 e. The quantitative estimate of drug-likeness (QED) is 0.200. The van der Waals surface area contributed by atoms with E-state index in [1.807, 2.05) is 0 Å². The van der Waals surface area contributed by atoms with Crippen molar-refractivity contribution in [3.63, 3.8) is 0 Å². The first-order chi connectivity index (χ1) is 19.9. The second-order valence-corrected chi connectivity index (χ2v) is 13.1. The van der Waals surface area contributed by atoms with E-state index in [1.54, 1.807) is 6.92 Å². The van der Waals surface area contributed by atoms with E-state index in [1.165, 1.54) is 78.9 Å². The molecule has 4 aromatic rings. The van der Waals surface area contributed by atoms with Crippen molar-refractivity contribution in [1.82, 2.24) is 0 Å². The molecule has 0 atom stereocenters. The average molecular weight is 653 g/mol. The van der Waals surface area contributed by atoms with Crippen LogP contribution in [0.5, 0.6) is 5.75 Å². The van der Waals surface area contributed by atoms with E-state index in [2.05, 4.69) is 10.0 Å². The third-order valence-corrected chi connectivity index (χ3v) is 9.47. The first kappa shape index (κ1) is 31.1. The number of ether oxygens (including phenoxy) is 1. The summed E-state index contributed by atoms with van der Waals surface area (Å²) in [5, 5.41) is 3.01. The Morgan fingerprint density at radius 3 is 2.07 bits per heavy atom. The first-order valence-electron chi connectivity index (χ1n) is 12.3. The van der Waals surface area contributed by atoms with Crippen LogP contribution >= 0.6 is 23.2 Å². The Kier molecular flexibility index (Phi) is 9.62. The fourth-order valence-electron chi connectivity index (χ4n) is 3.75. The van der Waals surface area contributed by atoms with Gasteiger partial charge in [-0.25, -0.2) is 21.2 Å². The molecule has 4 rings (SSSR count). The van der Waals surface area contributed by atoms with E-state index in [9.17, 15) is 26.0 Å². The minimum atomic E-state index is -4.26. The molecule has 9 nitrogen and oxygen atoms in total. The Balaban J connectivity index is 1.52. The van der Waals surface area contributed by atoms with Gasteiger partial charge in [-0.1, -0.05) is 23.2 Å². The van der Waals surface area contributed by atoms with Crippen LogP contribution in [0.4, 0.5) is 21.5 Å². The number of carbonyl (C=O) groups is 1. The molecule has 0 aliphatic rings. The summed E-state index contributed by atoms with van der Waals surface area (Å²) < 4.78 is 74.9. The van der Waals surface area contributed by atoms with Gasteiger partial charge in [-0.15, -0.1) is 0 Å². The molecule has 0 unspecified atom stereocenters. The molecule has 1 amide bonds. The minimum absolute atomic E-state index is 0.0637. The van der Waals surface area contributed by atoms with Crippen LogP contribution in [0.2, 0.25) is 10.0 Å². The lowest BCUT2D eigenvalue weighted by Gasteiger charge is -2.24. The van der Waals surface area contributed by atoms with Crippen LogP contribution < -0.4 is 19.1 Å². The van der Waals surface area contributed by atoms with Crippen LogP contribution in [-0.4, -0.2) is 35.9 Å². The Labute approximate surface area is 252 Å². The standard InChI is InChI=1S/C28H24Cl2FN3O6S2/c1-2-40-23-10-14-25(15-11-23)42(38,39)34(22-8-4-20(31)5-9-22)18-28(35)32-21-6-12-24(13-7-21)41(36,37)33-27-16-3-19(29)17-26(27)30/h3-17,33H,2,18H2,1H3,(H,32,35). The average Bonchev–Trinajstić information content (AvgIpc) is 2.94. The molecule has 0 saturated heterocycles. The zero-order valence-electron chi connectivity index (χ0n) is 21.9. The number of hydrogen-bond donors (Lipinski definition) is 2. The van der Waals surface area contributed by atoms with Crippen molar-refractivity contribution in [2.45, 2.75) is 16.7 Å². The number of benzene rings is 4. The van der Waals surface area contributed by atoms with Gasteiger partial charge < -0.3 is 10.1 Å². The first-order valence-corrected chi connectivity index (χ1v) is 16.0. The SMILES string of the molecule is CCOc1ccc(S(=O)(=O)N(CC(=O)Nc2ccc(S(=O)(=O)Nc3ccc(Cl)cc3Cl)cc2)c2ccc(F)cc2)cc1. The Morgan fingerprint density at radius 1 is 0.857 bits per heavy atom. The maximum Gasteiger partial charge on any atom is 0.264 e. The van der Waals surface area contributed by atoms with E-state index >= 15 is 0 Å². The number of anilines is 3. The molecule has 0 radical (unpaired) electrons. The van der Waals surface area contributed by atoms with Crippen molar-refractivity contribution in [3.8, 4) is 5.75 Å². The molecule has 42 heavy (non-hydrogen) atoms. The molecular weight excluding hydrogens is 628 g/mol. The van der Waals surface area contributed by atoms with Crippen LogP contribution in [0.15, 0.2) is 101 Å². The summed E-state index contributed by atoms with van der Waals surface area (Å²) in [6.07, 6.45) is 0. The molecule has 0 aromatic heterocycles. The molecular formula is C28H24Cl2FN3O6S2. The van der Waals surface area contributed by atoms with Crippen LogP contribution in [-0.2, 0) is 24.8 Å². The number of hydrogen-bond acceptors (Lipinski definition) is 6. The van der Waals surface area contributed by atoms with Crippen molar-refractivity contribution in [1.29, 1.82) is 0 Å². The molecule has 0 bridgehead atoms. The molecule has 14 heteroatoms. The highest BCUT2D eigenvalue weighted by molar-refractivity contribution is 7.93. The molecule has 2 N–H and O–H groups in total. The topological polar surface area (TPSA) is 122 Å². The molecule has 0 aliphatic carbocycles. The zero-order chi connectivity index (χ0) is 30.5. The largest absolute Gasteiger partial charge is 0.494 e. The van der Waals surface area contributed by atoms with E-state index < -0.39 is 38.3 Å². The summed E-state index contributed by atoms with van der Waals surface area (Å²) in [7, 11) is -8.29. The molecule has 0 saturated carbocycles. The fraction of sp³-hybridized carbons (Fsp3) is 0.107. The van der Waals surface area contributed by atoms with Gasteiger partial charge in [-0.2, -0.15) is 0 Å². The number of rotatable bonds is 11. The van der Waals surface area contributed by atoms with E-state index in [4.69, 9.17) is 27.9 Å². The summed E-state index contributed by atoms with van der Waals surface area (Å²) in [5.41, 5.74) is 0.405. The molecule has 4 aromatic carbocycles. The van der Waals surface area contributed by atoms with Crippen LogP contribution in [0.1, 0.15) is 6.92 Å². The lowest BCUT2D eigenvalue weighted by Crippen LogP contribution is -2.38. The van der Waals surface area contributed by atoms with E-state index in [0.717, 1.165) is 16.4 Å². The Bertz CT molecular complexity index is 1790. The van der Waals surface area contributed by atoms with Crippen LogP contribution in [0.25, 0.3) is 0 Å². The summed E-state index contributed by atoms with van der Waals surface area (Å²) in [5.74, 6) is -0.834. The number of nitrogens with zero attached hydrogens (tertiary/aromatic N) is 1. The summed E-state index contributed by atoms with van der Waals surface area (Å²) in [6, 6.07) is 19.8. The van der Waals surface area contributed by atoms with Gasteiger partial charge in [0.15, 0.2) is 0 Å². The Hall–Kier alpha value is -3.84. The number of halogens is 3. The number of sulfonamides is 2. The third-order valence-electron chi connectivity index (χ3n) is 5.75. The monoisotopic (exact) mass is 651 g/mol. The van der Waals surface area contributed by atoms with Crippen molar-refractivity contribution in [2.24, 2.45) is 0 Å². The fourth-order valence-corrected chi connectivity index (χ4v) is 6.76. The second-order valence-electron chi connectivity index (χ2n) is 8.69. The lowest BCUT2D eigenvalue weighted by atomic mass is 10.3. The van der Waals surface area contributed by atoms with Gasteiger partial charge in [0.05, 0.1) is 32.8 Å². The molecule has 0 aliphatic heterocycles. The second kappa shape index (κ2) is 13.0. The summed E-state index contributed by atoms with van der Waals surface area (Å²) >= 11 is 11.9. The normalized spacial score (nSPS) is 11.5. The molecule has 220 valence electrons. The van der Waals surface area contributed by atoms with Gasteiger partial charge in [0, 0.05) is 10.7 Å². The zero-order valence-corrected chi connectivity index (χ0v) is 25.1. The lowest BCUT2D eigenvalue weighted by molar-refractivity contribution is -0.114. The van der Waals surface area contributed by atoms with Gasteiger partial charge in [-0.3, -0.25) is 13.8 Å². The highest BCUT2D eigenvalue weighted by atomic mass is 35.5. The third kappa shape index (κ3) is 7.51. The Morgan fingerprint density at radius 2 is 1.48 bits per heavy atom. The predicted octanol–water partition coefficient (Wildman–Crippen LogP) is 6.17. The van der Waals surface area contributed by atoms with Crippen molar-refractivity contribution >= 4 is 66.2 Å². The number of nitrogens with one attached hydrogen (secondary N) is 2. The number of amides is 1. The van der Waals surface area contributed by atoms with E-state index in [0.29, 0.717) is 17.4 Å². The van der Waals surface area contributed by atoms with Crippen LogP contribution in [0, 0.1) is 5.82 Å². The summed E-state index contributed by atoms with van der Waals surface area (Å²) in [4.78, 5) is 12.8. The molecule has 0 spiro atoms. The van der Waals surface area contributed by atoms with Gasteiger partial charge in [0.1, 0.15) is 18.1 Å². The highest BCUT2D eigenvalue weighted by Gasteiger charge is 2.27. The summed E-state index contributed by atoms with van der Waals surface area (Å²) in [6.45, 7) is 1.53. The van der Waals surface area contributed by atoms with Crippen molar-refractivity contribution in [2.75, 3.05) is 27.5 Å². The van der Waals surface area contributed by atoms with Gasteiger partial charge in [0.2, 0.25) is 5.91 Å². The van der Waals surface area contributed by atoms with Gasteiger partial charge >= 0.3 is 0 Å². The van der Waals surface area contributed by atoms with E-state index in [-0.39, 0.29) is 31.9 Å². The van der Waals surface area contributed by atoms with Gasteiger partial charge in [-0.05, 0) is 97.9 Å². The highest BCUT2D eigenvalue weighted by Crippen LogP contribution is 2.29.